The molecule has 128 valence electrons. The number of nitrogens with zero attached hydrogens (tertiary/aromatic N) is 3. The minimum atomic E-state index is -0.178. The average Bonchev–Trinajstić information content (AvgIpc) is 3.28. The summed E-state index contributed by atoms with van der Waals surface area (Å²) >= 11 is 0. The van der Waals surface area contributed by atoms with Crippen LogP contribution in [0.25, 0.3) is 0 Å². The Hall–Kier alpha value is -2.15. The largest absolute Gasteiger partial charge is 0.456 e. The monoisotopic (exact) mass is 331 g/mol. The van der Waals surface area contributed by atoms with E-state index in [-0.39, 0.29) is 17.6 Å². The fraction of sp³-hybridized carbons (Fsp3) is 0.588. The van der Waals surface area contributed by atoms with E-state index >= 15 is 0 Å². The van der Waals surface area contributed by atoms with Gasteiger partial charge in [0.05, 0.1) is 5.60 Å². The lowest BCUT2D eigenvalue weighted by Crippen LogP contribution is -2.46. The Kier molecular flexibility index (Phi) is 3.68. The summed E-state index contributed by atoms with van der Waals surface area (Å²) in [5, 5.41) is 3.84. The highest BCUT2D eigenvalue weighted by Gasteiger charge is 2.45. The van der Waals surface area contributed by atoms with E-state index in [1.165, 1.54) is 0 Å². The van der Waals surface area contributed by atoms with Crippen LogP contribution in [0.4, 0.5) is 0 Å². The molecule has 0 saturated carbocycles. The molecule has 2 aliphatic heterocycles. The number of rotatable bonds is 2. The van der Waals surface area contributed by atoms with Gasteiger partial charge in [-0.15, -0.1) is 0 Å². The lowest BCUT2D eigenvalue weighted by molar-refractivity contribution is -0.0822. The van der Waals surface area contributed by atoms with Crippen molar-refractivity contribution in [1.29, 1.82) is 0 Å². The number of likely N-dealkylation sites (tertiary alicyclic amines) is 1. The zero-order valence-corrected chi connectivity index (χ0v) is 13.9. The lowest BCUT2D eigenvalue weighted by Gasteiger charge is -2.38. The van der Waals surface area contributed by atoms with Crippen LogP contribution >= 0.6 is 0 Å². The van der Waals surface area contributed by atoms with Gasteiger partial charge in [0.1, 0.15) is 11.9 Å². The smallest absolute Gasteiger partial charge is 0.289 e. The second-order valence-corrected chi connectivity index (χ2v) is 6.71. The number of hydrogen-bond donors (Lipinski definition) is 0. The van der Waals surface area contributed by atoms with Crippen molar-refractivity contribution in [3.8, 4) is 0 Å². The van der Waals surface area contributed by atoms with Crippen molar-refractivity contribution in [3.05, 3.63) is 35.4 Å². The van der Waals surface area contributed by atoms with Crippen molar-refractivity contribution in [2.75, 3.05) is 13.1 Å². The second-order valence-electron chi connectivity index (χ2n) is 6.71. The first-order valence-corrected chi connectivity index (χ1v) is 8.38. The molecule has 4 rings (SSSR count). The highest BCUT2D eigenvalue weighted by molar-refractivity contribution is 5.91. The van der Waals surface area contributed by atoms with E-state index in [1.807, 2.05) is 17.9 Å². The number of carbonyl (C=O) groups is 1. The van der Waals surface area contributed by atoms with Crippen LogP contribution in [-0.2, 0) is 4.74 Å². The Bertz CT molecular complexity index is 743. The lowest BCUT2D eigenvalue weighted by atomic mass is 9.88. The first kappa shape index (κ1) is 15.4. The molecule has 1 spiro atoms. The highest BCUT2D eigenvalue weighted by atomic mass is 16.5. The maximum atomic E-state index is 12.5. The maximum Gasteiger partial charge on any atom is 0.289 e. The number of aromatic nitrogens is 2. The van der Waals surface area contributed by atoms with Gasteiger partial charge in [0, 0.05) is 13.1 Å². The Morgan fingerprint density at radius 2 is 2.04 bits per heavy atom. The minimum Gasteiger partial charge on any atom is -0.456 e. The van der Waals surface area contributed by atoms with Crippen LogP contribution < -0.4 is 0 Å². The molecule has 2 aromatic rings. The molecule has 0 unspecified atom stereocenters. The SMILES string of the molecule is Cc1noc([C@@H]2CCC3(CCN(C(=O)c4ccc(C)o4)CC3)O2)n1. The molecule has 0 aliphatic carbocycles. The summed E-state index contributed by atoms with van der Waals surface area (Å²) in [6.07, 6.45) is 3.36. The van der Waals surface area contributed by atoms with Crippen LogP contribution in [0, 0.1) is 13.8 Å². The Balaban J connectivity index is 1.38. The van der Waals surface area contributed by atoms with Gasteiger partial charge in [0.15, 0.2) is 11.6 Å². The predicted molar refractivity (Wildman–Crippen MR) is 83.4 cm³/mol. The molecule has 7 nitrogen and oxygen atoms in total. The first-order valence-electron chi connectivity index (χ1n) is 8.38. The third kappa shape index (κ3) is 2.73. The van der Waals surface area contributed by atoms with E-state index in [9.17, 15) is 4.79 Å². The number of ether oxygens (including phenoxy) is 1. The van der Waals surface area contributed by atoms with Crippen molar-refractivity contribution in [1.82, 2.24) is 15.0 Å². The molecule has 2 aliphatic rings. The van der Waals surface area contributed by atoms with Crippen LogP contribution in [0.3, 0.4) is 0 Å². The van der Waals surface area contributed by atoms with Crippen molar-refractivity contribution in [2.45, 2.75) is 51.2 Å². The third-order valence-electron chi connectivity index (χ3n) is 4.99. The summed E-state index contributed by atoms with van der Waals surface area (Å²) in [6.45, 7) is 4.99. The third-order valence-corrected chi connectivity index (χ3v) is 4.99. The van der Waals surface area contributed by atoms with E-state index in [2.05, 4.69) is 10.1 Å². The molecule has 0 bridgehead atoms. The standard InChI is InChI=1S/C17H21N3O4/c1-11-3-4-14(22-11)16(21)20-9-7-17(8-10-20)6-5-13(23-17)15-18-12(2)19-24-15/h3-4,13H,5-10H2,1-2H3/t13-/m0/s1. The molecule has 0 aromatic carbocycles. The van der Waals surface area contributed by atoms with Gasteiger partial charge in [0.25, 0.3) is 11.8 Å². The van der Waals surface area contributed by atoms with Gasteiger partial charge in [0.2, 0.25) is 0 Å². The average molecular weight is 331 g/mol. The number of hydrogen-bond acceptors (Lipinski definition) is 6. The van der Waals surface area contributed by atoms with Gasteiger partial charge < -0.3 is 18.6 Å². The van der Waals surface area contributed by atoms with Crippen LogP contribution in [0.15, 0.2) is 21.1 Å². The number of aryl methyl sites for hydroxylation is 2. The van der Waals surface area contributed by atoms with E-state index in [0.717, 1.165) is 31.4 Å². The molecule has 1 amide bonds. The van der Waals surface area contributed by atoms with E-state index in [0.29, 0.717) is 30.6 Å². The normalized spacial score (nSPS) is 23.1. The fourth-order valence-electron chi connectivity index (χ4n) is 3.62. The Morgan fingerprint density at radius 1 is 1.25 bits per heavy atom. The molecular formula is C17H21N3O4. The van der Waals surface area contributed by atoms with Crippen molar-refractivity contribution >= 4 is 5.91 Å². The van der Waals surface area contributed by atoms with Crippen LogP contribution in [0.1, 0.15) is 59.8 Å². The molecule has 24 heavy (non-hydrogen) atoms. The van der Waals surface area contributed by atoms with Crippen LogP contribution in [-0.4, -0.2) is 39.6 Å². The number of carbonyl (C=O) groups excluding carboxylic acids is 1. The summed E-state index contributed by atoms with van der Waals surface area (Å²) in [6, 6.07) is 3.55. The zero-order valence-electron chi connectivity index (χ0n) is 13.9. The van der Waals surface area contributed by atoms with Crippen molar-refractivity contribution < 1.29 is 18.5 Å². The van der Waals surface area contributed by atoms with Gasteiger partial charge in [-0.1, -0.05) is 5.16 Å². The topological polar surface area (TPSA) is 81.6 Å². The van der Waals surface area contributed by atoms with Crippen molar-refractivity contribution in [2.24, 2.45) is 0 Å². The molecule has 0 radical (unpaired) electrons. The number of amides is 1. The van der Waals surface area contributed by atoms with Gasteiger partial charge in [-0.05, 0) is 51.7 Å². The van der Waals surface area contributed by atoms with Crippen LogP contribution in [0.2, 0.25) is 0 Å². The fourth-order valence-corrected chi connectivity index (χ4v) is 3.62. The van der Waals surface area contributed by atoms with E-state index < -0.39 is 0 Å². The summed E-state index contributed by atoms with van der Waals surface area (Å²) in [7, 11) is 0. The molecule has 2 fully saturated rings. The summed E-state index contributed by atoms with van der Waals surface area (Å²) in [5.41, 5.74) is -0.178. The maximum absolute atomic E-state index is 12.5. The predicted octanol–water partition coefficient (Wildman–Crippen LogP) is 2.81. The molecule has 2 aromatic heterocycles. The van der Waals surface area contributed by atoms with Gasteiger partial charge in [-0.2, -0.15) is 4.98 Å². The zero-order chi connectivity index (χ0) is 16.7. The van der Waals surface area contributed by atoms with E-state index in [4.69, 9.17) is 13.7 Å². The summed E-state index contributed by atoms with van der Waals surface area (Å²) in [5.74, 6) is 2.32. The molecular weight excluding hydrogens is 310 g/mol. The molecule has 7 heteroatoms. The van der Waals surface area contributed by atoms with Gasteiger partial charge >= 0.3 is 0 Å². The first-order chi connectivity index (χ1) is 11.5. The van der Waals surface area contributed by atoms with E-state index in [1.54, 1.807) is 13.0 Å². The van der Waals surface area contributed by atoms with Crippen LogP contribution in [0.5, 0.6) is 0 Å². The van der Waals surface area contributed by atoms with Gasteiger partial charge in [-0.3, -0.25) is 4.79 Å². The summed E-state index contributed by atoms with van der Waals surface area (Å²) < 4.78 is 17.0. The molecule has 0 N–H and O–H groups in total. The Labute approximate surface area is 140 Å². The number of furan rings is 1. The van der Waals surface area contributed by atoms with Crippen molar-refractivity contribution in [3.63, 3.8) is 0 Å². The summed E-state index contributed by atoms with van der Waals surface area (Å²) in [4.78, 5) is 18.6. The molecule has 1 atom stereocenters. The number of piperidine rings is 1. The highest BCUT2D eigenvalue weighted by Crippen LogP contribution is 2.44. The van der Waals surface area contributed by atoms with Gasteiger partial charge in [-0.25, -0.2) is 0 Å². The second kappa shape index (κ2) is 5.73. The molecule has 2 saturated heterocycles. The quantitative estimate of drug-likeness (QED) is 0.841. The minimum absolute atomic E-state index is 0.0416. The Morgan fingerprint density at radius 3 is 2.67 bits per heavy atom. The molecule has 4 heterocycles.